The highest BCUT2D eigenvalue weighted by atomic mass is 15.2. The summed E-state index contributed by atoms with van der Waals surface area (Å²) in [6, 6.07) is 0.793. The third-order valence-corrected chi connectivity index (χ3v) is 5.53. The molecule has 2 nitrogen and oxygen atoms in total. The largest absolute Gasteiger partial charge is 0.316 e. The predicted octanol–water partition coefficient (Wildman–Crippen LogP) is 3.91. The molecule has 2 heteroatoms. The molecule has 2 atom stereocenters. The SMILES string of the molecule is CC(C)CNCC1(CN2CCC(C)CC2C)CCCC1. The molecule has 0 spiro atoms. The van der Waals surface area contributed by atoms with Crippen molar-refractivity contribution in [3.05, 3.63) is 0 Å². The normalized spacial score (nSPS) is 31.1. The van der Waals surface area contributed by atoms with Crippen molar-refractivity contribution >= 4 is 0 Å². The maximum absolute atomic E-state index is 3.75. The van der Waals surface area contributed by atoms with Crippen LogP contribution in [0.5, 0.6) is 0 Å². The van der Waals surface area contributed by atoms with E-state index < -0.39 is 0 Å². The Morgan fingerprint density at radius 2 is 1.90 bits per heavy atom. The van der Waals surface area contributed by atoms with Crippen LogP contribution in [0.1, 0.15) is 66.2 Å². The minimum absolute atomic E-state index is 0.573. The van der Waals surface area contributed by atoms with E-state index in [0.717, 1.165) is 17.9 Å². The molecule has 0 aromatic rings. The molecule has 2 aliphatic rings. The molecule has 0 aromatic carbocycles. The van der Waals surface area contributed by atoms with Crippen LogP contribution in [-0.4, -0.2) is 37.1 Å². The predicted molar refractivity (Wildman–Crippen MR) is 88.0 cm³/mol. The lowest BCUT2D eigenvalue weighted by Gasteiger charge is -2.42. The summed E-state index contributed by atoms with van der Waals surface area (Å²) in [7, 11) is 0. The molecule has 0 aromatic heterocycles. The molecule has 1 aliphatic carbocycles. The molecule has 1 N–H and O–H groups in total. The van der Waals surface area contributed by atoms with Gasteiger partial charge in [-0.1, -0.05) is 33.6 Å². The average Bonchev–Trinajstić information content (AvgIpc) is 2.81. The van der Waals surface area contributed by atoms with Gasteiger partial charge in [0.2, 0.25) is 0 Å². The van der Waals surface area contributed by atoms with Gasteiger partial charge in [-0.2, -0.15) is 0 Å². The standard InChI is InChI=1S/C18H36N2/c1-15(2)12-19-13-18(8-5-6-9-18)14-20-10-7-16(3)11-17(20)4/h15-17,19H,5-14H2,1-4H3. The maximum atomic E-state index is 3.75. The fourth-order valence-corrected chi connectivity index (χ4v) is 4.26. The van der Waals surface area contributed by atoms with Crippen molar-refractivity contribution in [3.8, 4) is 0 Å². The van der Waals surface area contributed by atoms with Gasteiger partial charge in [0.15, 0.2) is 0 Å². The maximum Gasteiger partial charge on any atom is 0.00697 e. The van der Waals surface area contributed by atoms with Crippen molar-refractivity contribution in [2.45, 2.75) is 72.3 Å². The van der Waals surface area contributed by atoms with E-state index in [2.05, 4.69) is 37.9 Å². The average molecular weight is 280 g/mol. The first kappa shape index (κ1) is 16.3. The summed E-state index contributed by atoms with van der Waals surface area (Å²) in [5, 5.41) is 3.75. The third kappa shape index (κ3) is 4.46. The van der Waals surface area contributed by atoms with E-state index in [-0.39, 0.29) is 0 Å². The van der Waals surface area contributed by atoms with Crippen LogP contribution in [0.4, 0.5) is 0 Å². The lowest BCUT2D eigenvalue weighted by Crippen LogP contribution is -2.49. The van der Waals surface area contributed by atoms with E-state index in [1.165, 1.54) is 64.7 Å². The Bertz CT molecular complexity index is 281. The van der Waals surface area contributed by atoms with E-state index >= 15 is 0 Å². The van der Waals surface area contributed by atoms with Crippen molar-refractivity contribution in [3.63, 3.8) is 0 Å². The first-order valence-electron chi connectivity index (χ1n) is 8.95. The quantitative estimate of drug-likeness (QED) is 0.793. The van der Waals surface area contributed by atoms with Crippen LogP contribution in [0.25, 0.3) is 0 Å². The molecule has 1 heterocycles. The Morgan fingerprint density at radius 3 is 2.50 bits per heavy atom. The first-order valence-corrected chi connectivity index (χ1v) is 8.95. The number of hydrogen-bond donors (Lipinski definition) is 1. The number of piperidine rings is 1. The Kier molecular flexibility index (Phi) is 5.92. The topological polar surface area (TPSA) is 15.3 Å². The monoisotopic (exact) mass is 280 g/mol. The number of nitrogens with zero attached hydrogens (tertiary/aromatic N) is 1. The zero-order chi connectivity index (χ0) is 14.6. The third-order valence-electron chi connectivity index (χ3n) is 5.53. The summed E-state index contributed by atoms with van der Waals surface area (Å²) in [6.07, 6.45) is 8.58. The Labute approximate surface area is 126 Å². The van der Waals surface area contributed by atoms with E-state index in [4.69, 9.17) is 0 Å². The van der Waals surface area contributed by atoms with Gasteiger partial charge in [-0.3, -0.25) is 0 Å². The minimum atomic E-state index is 0.573. The second-order valence-corrected chi connectivity index (χ2v) is 8.18. The number of hydrogen-bond acceptors (Lipinski definition) is 2. The van der Waals surface area contributed by atoms with Crippen LogP contribution < -0.4 is 5.32 Å². The summed E-state index contributed by atoms with van der Waals surface area (Å²) in [6.45, 7) is 14.6. The zero-order valence-electron chi connectivity index (χ0n) is 14.3. The van der Waals surface area contributed by atoms with Crippen molar-refractivity contribution in [2.75, 3.05) is 26.2 Å². The summed E-state index contributed by atoms with van der Waals surface area (Å²) < 4.78 is 0. The van der Waals surface area contributed by atoms with Crippen LogP contribution in [0.2, 0.25) is 0 Å². The lowest BCUT2D eigenvalue weighted by molar-refractivity contribution is 0.0712. The van der Waals surface area contributed by atoms with Gasteiger partial charge in [0, 0.05) is 19.1 Å². The van der Waals surface area contributed by atoms with Crippen molar-refractivity contribution in [1.29, 1.82) is 0 Å². The van der Waals surface area contributed by atoms with Crippen LogP contribution in [0, 0.1) is 17.3 Å². The molecule has 2 fully saturated rings. The Morgan fingerprint density at radius 1 is 1.20 bits per heavy atom. The minimum Gasteiger partial charge on any atom is -0.316 e. The van der Waals surface area contributed by atoms with Gasteiger partial charge in [-0.05, 0) is 62.9 Å². The Hall–Kier alpha value is -0.0800. The zero-order valence-corrected chi connectivity index (χ0v) is 14.3. The first-order chi connectivity index (χ1) is 9.51. The summed E-state index contributed by atoms with van der Waals surface area (Å²) >= 11 is 0. The van der Waals surface area contributed by atoms with Gasteiger partial charge in [0.25, 0.3) is 0 Å². The van der Waals surface area contributed by atoms with E-state index in [1.54, 1.807) is 0 Å². The fourth-order valence-electron chi connectivity index (χ4n) is 4.26. The van der Waals surface area contributed by atoms with E-state index in [1.807, 2.05) is 0 Å². The highest BCUT2D eigenvalue weighted by molar-refractivity contribution is 4.92. The van der Waals surface area contributed by atoms with Gasteiger partial charge in [0.05, 0.1) is 0 Å². The Balaban J connectivity index is 1.88. The van der Waals surface area contributed by atoms with Crippen LogP contribution in [-0.2, 0) is 0 Å². The highest BCUT2D eigenvalue weighted by Crippen LogP contribution is 2.39. The van der Waals surface area contributed by atoms with Gasteiger partial charge >= 0.3 is 0 Å². The molecule has 118 valence electrons. The number of likely N-dealkylation sites (tertiary alicyclic amines) is 1. The van der Waals surface area contributed by atoms with Crippen molar-refractivity contribution < 1.29 is 0 Å². The van der Waals surface area contributed by atoms with Gasteiger partial charge in [-0.25, -0.2) is 0 Å². The highest BCUT2D eigenvalue weighted by Gasteiger charge is 2.37. The van der Waals surface area contributed by atoms with Gasteiger partial charge in [-0.15, -0.1) is 0 Å². The molecular formula is C18H36N2. The van der Waals surface area contributed by atoms with Gasteiger partial charge < -0.3 is 10.2 Å². The van der Waals surface area contributed by atoms with E-state index in [9.17, 15) is 0 Å². The van der Waals surface area contributed by atoms with Crippen LogP contribution in [0.15, 0.2) is 0 Å². The smallest absolute Gasteiger partial charge is 0.00697 e. The molecule has 1 saturated carbocycles. The molecule has 1 saturated heterocycles. The summed E-state index contributed by atoms with van der Waals surface area (Å²) in [5.74, 6) is 1.70. The molecule has 0 amide bonds. The second-order valence-electron chi connectivity index (χ2n) is 8.18. The number of rotatable bonds is 6. The van der Waals surface area contributed by atoms with Crippen molar-refractivity contribution in [2.24, 2.45) is 17.3 Å². The lowest BCUT2D eigenvalue weighted by atomic mass is 9.83. The van der Waals surface area contributed by atoms with Crippen LogP contribution in [0.3, 0.4) is 0 Å². The van der Waals surface area contributed by atoms with Crippen LogP contribution >= 0.6 is 0 Å². The number of nitrogens with one attached hydrogen (secondary N) is 1. The molecular weight excluding hydrogens is 244 g/mol. The second kappa shape index (κ2) is 7.26. The van der Waals surface area contributed by atoms with Crippen molar-refractivity contribution in [1.82, 2.24) is 10.2 Å². The molecule has 1 aliphatic heterocycles. The molecule has 0 bridgehead atoms. The fraction of sp³-hybridized carbons (Fsp3) is 1.00. The molecule has 2 rings (SSSR count). The van der Waals surface area contributed by atoms with E-state index in [0.29, 0.717) is 5.41 Å². The summed E-state index contributed by atoms with van der Waals surface area (Å²) in [4.78, 5) is 2.79. The van der Waals surface area contributed by atoms with Gasteiger partial charge in [0.1, 0.15) is 0 Å². The molecule has 0 radical (unpaired) electrons. The summed E-state index contributed by atoms with van der Waals surface area (Å²) in [5.41, 5.74) is 0.573. The molecule has 20 heavy (non-hydrogen) atoms. The molecule has 2 unspecified atom stereocenters.